The Morgan fingerprint density at radius 2 is 1.73 bits per heavy atom. The van der Waals surface area contributed by atoms with Crippen molar-refractivity contribution in [2.24, 2.45) is 0 Å². The molecule has 0 bridgehead atoms. The van der Waals surface area contributed by atoms with Crippen LogP contribution in [0.2, 0.25) is 0 Å². The van der Waals surface area contributed by atoms with Gasteiger partial charge in [-0.3, -0.25) is 9.69 Å². The van der Waals surface area contributed by atoms with Crippen LogP contribution in [0.1, 0.15) is 41.7 Å². The molecule has 0 spiro atoms. The average Bonchev–Trinajstić information content (AvgIpc) is 2.73. The highest BCUT2D eigenvalue weighted by Crippen LogP contribution is 2.30. The van der Waals surface area contributed by atoms with Crippen molar-refractivity contribution in [2.75, 3.05) is 49.1 Å². The summed E-state index contributed by atoms with van der Waals surface area (Å²) in [5.74, 6) is 0.0888. The summed E-state index contributed by atoms with van der Waals surface area (Å²) in [5.41, 5.74) is 7.09. The number of nitrogens with zero attached hydrogens (tertiary/aromatic N) is 3. The van der Waals surface area contributed by atoms with Gasteiger partial charge in [-0.1, -0.05) is 29.8 Å². The van der Waals surface area contributed by atoms with E-state index in [4.69, 9.17) is 0 Å². The smallest absolute Gasteiger partial charge is 0.223 e. The van der Waals surface area contributed by atoms with Crippen LogP contribution in [-0.2, 0) is 11.2 Å². The standard InChI is InChI=1S/C25H33N3O2/c1-18-6-8-23(19(2)15-18)27-13-11-26(12-14-27)17-25(30)22-7-9-24-21(16-22)5-4-10-28(24)20(3)29/h6-9,15-16,25,30H,4-5,10-14,17H2,1-3H3/t25-/m1/s1. The lowest BCUT2D eigenvalue weighted by Gasteiger charge is -2.37. The van der Waals surface area contributed by atoms with E-state index in [1.165, 1.54) is 22.4 Å². The Labute approximate surface area is 179 Å². The Bertz CT molecular complexity index is 919. The quantitative estimate of drug-likeness (QED) is 0.843. The molecule has 0 aromatic heterocycles. The van der Waals surface area contributed by atoms with Gasteiger partial charge in [-0.2, -0.15) is 0 Å². The summed E-state index contributed by atoms with van der Waals surface area (Å²) in [6.45, 7) is 11.2. The number of anilines is 2. The van der Waals surface area contributed by atoms with Gasteiger partial charge in [-0.15, -0.1) is 0 Å². The number of carbonyl (C=O) groups excluding carboxylic acids is 1. The molecule has 0 unspecified atom stereocenters. The van der Waals surface area contributed by atoms with Crippen LogP contribution >= 0.6 is 0 Å². The van der Waals surface area contributed by atoms with Crippen molar-refractivity contribution >= 4 is 17.3 Å². The Morgan fingerprint density at radius 3 is 2.43 bits per heavy atom. The molecule has 5 heteroatoms. The predicted molar refractivity (Wildman–Crippen MR) is 122 cm³/mol. The first-order valence-corrected chi connectivity index (χ1v) is 11.1. The van der Waals surface area contributed by atoms with Crippen molar-refractivity contribution in [3.63, 3.8) is 0 Å². The number of aryl methyl sites for hydroxylation is 3. The zero-order valence-electron chi connectivity index (χ0n) is 18.4. The summed E-state index contributed by atoms with van der Waals surface area (Å²) in [6, 6.07) is 12.7. The monoisotopic (exact) mass is 407 g/mol. The molecule has 30 heavy (non-hydrogen) atoms. The summed E-state index contributed by atoms with van der Waals surface area (Å²) in [6.07, 6.45) is 1.44. The van der Waals surface area contributed by atoms with E-state index in [0.29, 0.717) is 6.54 Å². The molecular weight excluding hydrogens is 374 g/mol. The summed E-state index contributed by atoms with van der Waals surface area (Å²) in [4.78, 5) is 18.5. The van der Waals surface area contributed by atoms with E-state index >= 15 is 0 Å². The fourth-order valence-electron chi connectivity index (χ4n) is 4.83. The number of hydrogen-bond acceptors (Lipinski definition) is 4. The SMILES string of the molecule is CC(=O)N1CCCc2cc([C@H](O)CN3CCN(c4ccc(C)cc4C)CC3)ccc21. The van der Waals surface area contributed by atoms with Crippen LogP contribution in [0, 0.1) is 13.8 Å². The number of hydrogen-bond donors (Lipinski definition) is 1. The first-order chi connectivity index (χ1) is 14.4. The molecule has 2 aromatic rings. The first kappa shape index (κ1) is 20.9. The molecule has 2 heterocycles. The highest BCUT2D eigenvalue weighted by atomic mass is 16.3. The third kappa shape index (κ3) is 4.37. The highest BCUT2D eigenvalue weighted by Gasteiger charge is 2.24. The maximum Gasteiger partial charge on any atom is 0.223 e. The number of benzene rings is 2. The van der Waals surface area contributed by atoms with Crippen LogP contribution in [-0.4, -0.2) is 55.2 Å². The van der Waals surface area contributed by atoms with Crippen molar-refractivity contribution in [1.29, 1.82) is 0 Å². The van der Waals surface area contributed by atoms with Crippen LogP contribution < -0.4 is 9.80 Å². The molecule has 1 N–H and O–H groups in total. The molecule has 0 aliphatic carbocycles. The van der Waals surface area contributed by atoms with Gasteiger partial charge >= 0.3 is 0 Å². The van der Waals surface area contributed by atoms with Crippen LogP contribution in [0.15, 0.2) is 36.4 Å². The van der Waals surface area contributed by atoms with E-state index < -0.39 is 6.10 Å². The minimum absolute atomic E-state index is 0.0888. The summed E-state index contributed by atoms with van der Waals surface area (Å²) >= 11 is 0. The topological polar surface area (TPSA) is 47.0 Å². The lowest BCUT2D eigenvalue weighted by atomic mass is 9.97. The molecule has 2 aliphatic heterocycles. The van der Waals surface area contributed by atoms with Gasteiger partial charge in [-0.05, 0) is 55.5 Å². The Kier molecular flexibility index (Phi) is 6.11. The van der Waals surface area contributed by atoms with Crippen molar-refractivity contribution < 1.29 is 9.90 Å². The zero-order chi connectivity index (χ0) is 21.3. The van der Waals surface area contributed by atoms with E-state index in [0.717, 1.165) is 56.8 Å². The average molecular weight is 408 g/mol. The number of fused-ring (bicyclic) bond motifs is 1. The number of rotatable bonds is 4. The van der Waals surface area contributed by atoms with Crippen molar-refractivity contribution in [3.8, 4) is 0 Å². The van der Waals surface area contributed by atoms with Crippen LogP contribution in [0.25, 0.3) is 0 Å². The first-order valence-electron chi connectivity index (χ1n) is 11.1. The van der Waals surface area contributed by atoms with E-state index in [1.807, 2.05) is 17.0 Å². The molecule has 1 amide bonds. The lowest BCUT2D eigenvalue weighted by molar-refractivity contribution is -0.116. The minimum Gasteiger partial charge on any atom is -0.387 e. The number of carbonyl (C=O) groups is 1. The molecule has 0 radical (unpaired) electrons. The molecule has 1 saturated heterocycles. The van der Waals surface area contributed by atoms with Gasteiger partial charge in [0.1, 0.15) is 0 Å². The predicted octanol–water partition coefficient (Wildman–Crippen LogP) is 3.46. The second kappa shape index (κ2) is 8.78. The Balaban J connectivity index is 1.37. The van der Waals surface area contributed by atoms with E-state index in [1.54, 1.807) is 6.92 Å². The van der Waals surface area contributed by atoms with Gasteiger partial charge in [0.25, 0.3) is 0 Å². The Morgan fingerprint density at radius 1 is 1.00 bits per heavy atom. The molecule has 1 atom stereocenters. The molecule has 160 valence electrons. The fraction of sp³-hybridized carbons (Fsp3) is 0.480. The summed E-state index contributed by atoms with van der Waals surface area (Å²) < 4.78 is 0. The maximum absolute atomic E-state index is 11.9. The van der Waals surface area contributed by atoms with Crippen LogP contribution in [0.5, 0.6) is 0 Å². The highest BCUT2D eigenvalue weighted by molar-refractivity contribution is 5.92. The molecule has 0 saturated carbocycles. The third-order valence-electron chi connectivity index (χ3n) is 6.48. The molecule has 4 rings (SSSR count). The van der Waals surface area contributed by atoms with Gasteiger partial charge in [-0.25, -0.2) is 0 Å². The number of aliphatic hydroxyl groups excluding tert-OH is 1. The van der Waals surface area contributed by atoms with Crippen molar-refractivity contribution in [3.05, 3.63) is 58.7 Å². The van der Waals surface area contributed by atoms with Crippen LogP contribution in [0.4, 0.5) is 11.4 Å². The van der Waals surface area contributed by atoms with E-state index in [2.05, 4.69) is 47.9 Å². The largest absolute Gasteiger partial charge is 0.387 e. The zero-order valence-corrected chi connectivity index (χ0v) is 18.4. The number of piperazine rings is 1. The summed E-state index contributed by atoms with van der Waals surface area (Å²) in [5, 5.41) is 10.9. The molecule has 2 aromatic carbocycles. The second-order valence-corrected chi connectivity index (χ2v) is 8.76. The number of amides is 1. The summed E-state index contributed by atoms with van der Waals surface area (Å²) in [7, 11) is 0. The van der Waals surface area contributed by atoms with Gasteiger partial charge in [0.15, 0.2) is 0 Å². The third-order valence-corrected chi connectivity index (χ3v) is 6.48. The van der Waals surface area contributed by atoms with E-state index in [-0.39, 0.29) is 5.91 Å². The Hall–Kier alpha value is -2.37. The van der Waals surface area contributed by atoms with E-state index in [9.17, 15) is 9.90 Å². The molecule has 5 nitrogen and oxygen atoms in total. The maximum atomic E-state index is 11.9. The van der Waals surface area contributed by atoms with Gasteiger partial charge in [0, 0.05) is 57.6 Å². The lowest BCUT2D eigenvalue weighted by Crippen LogP contribution is -2.47. The number of β-amino-alcohol motifs (C(OH)–C–C–N with tert-alkyl or cyclic N) is 1. The van der Waals surface area contributed by atoms with Gasteiger partial charge < -0.3 is 14.9 Å². The second-order valence-electron chi connectivity index (χ2n) is 8.76. The molecule has 1 fully saturated rings. The fourth-order valence-corrected chi connectivity index (χ4v) is 4.83. The number of aliphatic hydroxyl groups is 1. The van der Waals surface area contributed by atoms with Crippen LogP contribution in [0.3, 0.4) is 0 Å². The normalized spacial score (nSPS) is 18.3. The van der Waals surface area contributed by atoms with Gasteiger partial charge in [0.05, 0.1) is 6.10 Å². The van der Waals surface area contributed by atoms with Crippen molar-refractivity contribution in [1.82, 2.24) is 4.90 Å². The van der Waals surface area contributed by atoms with Gasteiger partial charge in [0.2, 0.25) is 5.91 Å². The molecular formula is C25H33N3O2. The van der Waals surface area contributed by atoms with Crippen molar-refractivity contribution in [2.45, 2.75) is 39.7 Å². The molecule has 2 aliphatic rings. The minimum atomic E-state index is -0.504.